The predicted octanol–water partition coefficient (Wildman–Crippen LogP) is 14.6. The van der Waals surface area contributed by atoms with Crippen LogP contribution in [0.1, 0.15) is 30.5 Å². The zero-order chi connectivity index (χ0) is 38.7. The van der Waals surface area contributed by atoms with Crippen molar-refractivity contribution in [1.29, 1.82) is 5.41 Å². The molecule has 0 radical (unpaired) electrons. The van der Waals surface area contributed by atoms with Gasteiger partial charge in [0.15, 0.2) is 0 Å². The van der Waals surface area contributed by atoms with Crippen molar-refractivity contribution in [2.24, 2.45) is 5.73 Å². The summed E-state index contributed by atoms with van der Waals surface area (Å²) in [5, 5.41) is 11.4. The minimum Gasteiger partial charge on any atom is -0.464 e. The van der Waals surface area contributed by atoms with Gasteiger partial charge in [0.05, 0.1) is 6.26 Å². The van der Waals surface area contributed by atoms with E-state index in [4.69, 9.17) is 15.6 Å². The number of thiophene rings is 1. The molecule has 56 heavy (non-hydrogen) atoms. The van der Waals surface area contributed by atoms with Crippen molar-refractivity contribution < 1.29 is 4.42 Å². The SMILES string of the molecule is CC(C)=C/C=C\c1coc2ccccc12.N=Cc1cccc2sc3ccc(-c4cccc(-c5ccccc5-c5ccccc5)c4)cc3c12.NCc1ccccc1. The van der Waals surface area contributed by atoms with E-state index in [1.165, 1.54) is 70.9 Å². The molecule has 0 atom stereocenters. The Balaban J connectivity index is 0.000000171. The van der Waals surface area contributed by atoms with Crippen LogP contribution in [-0.2, 0) is 6.54 Å². The Labute approximate surface area is 333 Å². The van der Waals surface area contributed by atoms with Gasteiger partial charge in [-0.1, -0.05) is 163 Å². The van der Waals surface area contributed by atoms with Crippen LogP contribution in [0.25, 0.3) is 70.6 Å². The van der Waals surface area contributed by atoms with Crippen LogP contribution in [0.15, 0.2) is 198 Å². The number of hydrogen-bond donors (Lipinski definition) is 2. The molecule has 0 saturated carbocycles. The van der Waals surface area contributed by atoms with Gasteiger partial charge in [0.25, 0.3) is 0 Å². The zero-order valence-electron chi connectivity index (χ0n) is 31.7. The molecule has 2 aromatic heterocycles. The summed E-state index contributed by atoms with van der Waals surface area (Å²) in [6.45, 7) is 4.80. The summed E-state index contributed by atoms with van der Waals surface area (Å²) >= 11 is 1.79. The van der Waals surface area contributed by atoms with E-state index in [9.17, 15) is 0 Å². The average molecular weight is 745 g/mol. The Kier molecular flexibility index (Phi) is 12.2. The number of allylic oxidation sites excluding steroid dienone is 3. The molecule has 4 heteroatoms. The lowest BCUT2D eigenvalue weighted by atomic mass is 9.92. The second-order valence-electron chi connectivity index (χ2n) is 13.7. The third kappa shape index (κ3) is 8.85. The lowest BCUT2D eigenvalue weighted by molar-refractivity contribution is 0.615. The van der Waals surface area contributed by atoms with Gasteiger partial charge in [0.1, 0.15) is 5.58 Å². The number of nitrogens with one attached hydrogen (secondary N) is 1. The fraction of sp³-hybridized carbons (Fsp3) is 0.0577. The molecule has 0 amide bonds. The summed E-state index contributed by atoms with van der Waals surface area (Å²) in [6, 6.07) is 58.9. The maximum atomic E-state index is 7.85. The second kappa shape index (κ2) is 18.2. The Bertz CT molecular complexity index is 2770. The van der Waals surface area contributed by atoms with E-state index in [1.54, 1.807) is 17.6 Å². The van der Waals surface area contributed by atoms with Crippen LogP contribution in [0.5, 0.6) is 0 Å². The van der Waals surface area contributed by atoms with E-state index in [2.05, 4.69) is 135 Å². The van der Waals surface area contributed by atoms with Crippen molar-refractivity contribution in [1.82, 2.24) is 0 Å². The molecule has 0 spiro atoms. The highest BCUT2D eigenvalue weighted by Gasteiger charge is 2.12. The van der Waals surface area contributed by atoms with E-state index in [0.29, 0.717) is 6.54 Å². The van der Waals surface area contributed by atoms with Crippen molar-refractivity contribution >= 4 is 54.8 Å². The summed E-state index contributed by atoms with van der Waals surface area (Å²) in [4.78, 5) is 0. The van der Waals surface area contributed by atoms with Crippen LogP contribution >= 0.6 is 11.3 Å². The molecule has 274 valence electrons. The first-order valence-corrected chi connectivity index (χ1v) is 19.6. The molecule has 9 rings (SSSR count). The first-order chi connectivity index (χ1) is 27.5. The second-order valence-corrected chi connectivity index (χ2v) is 14.7. The molecular weight excluding hydrogens is 701 g/mol. The average Bonchev–Trinajstić information content (AvgIpc) is 3.86. The van der Waals surface area contributed by atoms with E-state index >= 15 is 0 Å². The van der Waals surface area contributed by atoms with Gasteiger partial charge in [-0.2, -0.15) is 0 Å². The number of para-hydroxylation sites is 1. The number of rotatable bonds is 7. The quantitative estimate of drug-likeness (QED) is 0.126. The van der Waals surface area contributed by atoms with Gasteiger partial charge in [-0.25, -0.2) is 0 Å². The van der Waals surface area contributed by atoms with Gasteiger partial charge in [0.2, 0.25) is 0 Å². The van der Waals surface area contributed by atoms with Crippen LogP contribution in [0.4, 0.5) is 0 Å². The van der Waals surface area contributed by atoms with Gasteiger partial charge >= 0.3 is 0 Å². The van der Waals surface area contributed by atoms with E-state index in [-0.39, 0.29) is 0 Å². The van der Waals surface area contributed by atoms with E-state index < -0.39 is 0 Å². The third-order valence-electron chi connectivity index (χ3n) is 9.50. The van der Waals surface area contributed by atoms with Crippen LogP contribution < -0.4 is 5.73 Å². The van der Waals surface area contributed by atoms with Crippen LogP contribution in [0.2, 0.25) is 0 Å². The lowest BCUT2D eigenvalue weighted by Gasteiger charge is -2.12. The highest BCUT2D eigenvalue weighted by atomic mass is 32.1. The number of fused-ring (bicyclic) bond motifs is 4. The third-order valence-corrected chi connectivity index (χ3v) is 10.6. The molecule has 0 aliphatic heterocycles. The number of hydrogen-bond acceptors (Lipinski definition) is 4. The molecular formula is C52H44N2OS. The number of benzene rings is 7. The molecule has 2 heterocycles. The maximum absolute atomic E-state index is 7.85. The van der Waals surface area contributed by atoms with Gasteiger partial charge in [-0.05, 0) is 83.1 Å². The number of nitrogens with two attached hydrogens (primary N) is 1. The van der Waals surface area contributed by atoms with Crippen molar-refractivity contribution in [3.05, 3.63) is 211 Å². The summed E-state index contributed by atoms with van der Waals surface area (Å²) < 4.78 is 7.92. The first kappa shape index (κ1) is 37.7. The molecule has 0 aliphatic carbocycles. The van der Waals surface area contributed by atoms with Crippen molar-refractivity contribution in [2.75, 3.05) is 0 Å². The molecule has 9 aromatic rings. The van der Waals surface area contributed by atoms with Gasteiger partial charge in [0, 0.05) is 49.4 Å². The Hall–Kier alpha value is -6.59. The predicted molar refractivity (Wildman–Crippen MR) is 243 cm³/mol. The molecule has 7 aromatic carbocycles. The summed E-state index contributed by atoms with van der Waals surface area (Å²) in [7, 11) is 0. The minimum atomic E-state index is 0.640. The summed E-state index contributed by atoms with van der Waals surface area (Å²) in [6.07, 6.45) is 9.45. The Morgan fingerprint density at radius 3 is 1.96 bits per heavy atom. The Morgan fingerprint density at radius 2 is 1.23 bits per heavy atom. The fourth-order valence-electron chi connectivity index (χ4n) is 6.71. The zero-order valence-corrected chi connectivity index (χ0v) is 32.5. The topological polar surface area (TPSA) is 63.0 Å². The van der Waals surface area contributed by atoms with Crippen LogP contribution in [-0.4, -0.2) is 6.21 Å². The summed E-state index contributed by atoms with van der Waals surface area (Å²) in [5.74, 6) is 0. The van der Waals surface area contributed by atoms with E-state index in [0.717, 1.165) is 22.1 Å². The first-order valence-electron chi connectivity index (χ1n) is 18.7. The van der Waals surface area contributed by atoms with Crippen LogP contribution in [0.3, 0.4) is 0 Å². The van der Waals surface area contributed by atoms with Gasteiger partial charge < -0.3 is 15.6 Å². The molecule has 0 unspecified atom stereocenters. The van der Waals surface area contributed by atoms with Crippen molar-refractivity contribution in [3.8, 4) is 33.4 Å². The van der Waals surface area contributed by atoms with Crippen molar-refractivity contribution in [2.45, 2.75) is 20.4 Å². The largest absolute Gasteiger partial charge is 0.464 e. The molecule has 0 saturated heterocycles. The molecule has 3 nitrogen and oxygen atoms in total. The monoisotopic (exact) mass is 744 g/mol. The van der Waals surface area contributed by atoms with Gasteiger partial charge in [-0.15, -0.1) is 11.3 Å². The van der Waals surface area contributed by atoms with Crippen molar-refractivity contribution in [3.63, 3.8) is 0 Å². The molecule has 0 aliphatic rings. The lowest BCUT2D eigenvalue weighted by Crippen LogP contribution is -1.94. The highest BCUT2D eigenvalue weighted by molar-refractivity contribution is 7.25. The molecule has 3 N–H and O–H groups in total. The maximum Gasteiger partial charge on any atom is 0.134 e. The standard InChI is InChI=1S/C31H21NS.C14H14O.C7H9N/c32-20-25-12-7-15-30-31(25)28-19-23(16-17-29(28)33-30)22-10-6-11-24(18-22)27-14-5-4-13-26(27)21-8-2-1-3-9-21;1-11(2)6-5-7-12-10-15-14-9-4-3-8-13(12)14;8-6-7-4-2-1-3-5-7/h1-20,32H;3-10H,1-2H3;1-5H,6,8H2/b;7-5-;. The Morgan fingerprint density at radius 1 is 0.589 bits per heavy atom. The normalized spacial score (nSPS) is 10.8. The minimum absolute atomic E-state index is 0.640. The number of furan rings is 1. The van der Waals surface area contributed by atoms with Gasteiger partial charge in [-0.3, -0.25) is 0 Å². The smallest absolute Gasteiger partial charge is 0.134 e. The fourth-order valence-corrected chi connectivity index (χ4v) is 7.83. The highest BCUT2D eigenvalue weighted by Crippen LogP contribution is 2.39. The van der Waals surface area contributed by atoms with E-state index in [1.807, 2.05) is 66.7 Å². The van der Waals surface area contributed by atoms with Crippen LogP contribution in [0, 0.1) is 5.41 Å². The molecule has 0 fully saturated rings. The summed E-state index contributed by atoms with van der Waals surface area (Å²) in [5.41, 5.74) is 18.2. The molecule has 0 bridgehead atoms.